The molecule has 0 aliphatic carbocycles. The van der Waals surface area contributed by atoms with Gasteiger partial charge in [0.15, 0.2) is 5.78 Å². The monoisotopic (exact) mass is 337 g/mol. The fourth-order valence-electron chi connectivity index (χ4n) is 3.41. The number of carbonyl (C=O) groups is 1. The molecule has 0 spiro atoms. The molecule has 25 heavy (non-hydrogen) atoms. The SMILES string of the molecule is CCC(C)(Cc1ccccc1)C(=O)c1ccc(N2CCOCC2)cc1. The smallest absolute Gasteiger partial charge is 0.169 e. The molecule has 0 aromatic heterocycles. The average Bonchev–Trinajstić information content (AvgIpc) is 2.69. The molecule has 1 saturated heterocycles. The molecule has 3 rings (SSSR count). The molecule has 1 atom stereocenters. The van der Waals surface area contributed by atoms with Crippen LogP contribution in [0.15, 0.2) is 54.6 Å². The van der Waals surface area contributed by atoms with E-state index >= 15 is 0 Å². The summed E-state index contributed by atoms with van der Waals surface area (Å²) in [5, 5.41) is 0. The lowest BCUT2D eigenvalue weighted by atomic mass is 9.75. The number of morpholine rings is 1. The van der Waals surface area contributed by atoms with Crippen molar-refractivity contribution in [3.05, 3.63) is 65.7 Å². The van der Waals surface area contributed by atoms with Crippen molar-refractivity contribution >= 4 is 11.5 Å². The zero-order valence-corrected chi connectivity index (χ0v) is 15.2. The highest BCUT2D eigenvalue weighted by Gasteiger charge is 2.32. The highest BCUT2D eigenvalue weighted by Crippen LogP contribution is 2.31. The van der Waals surface area contributed by atoms with E-state index in [0.717, 1.165) is 44.7 Å². The molecule has 0 amide bonds. The summed E-state index contributed by atoms with van der Waals surface area (Å²) in [6, 6.07) is 18.4. The van der Waals surface area contributed by atoms with E-state index in [1.165, 1.54) is 11.3 Å². The Morgan fingerprint density at radius 3 is 2.28 bits per heavy atom. The van der Waals surface area contributed by atoms with Crippen LogP contribution in [0, 0.1) is 5.41 Å². The van der Waals surface area contributed by atoms with Crippen LogP contribution < -0.4 is 4.90 Å². The Morgan fingerprint density at radius 1 is 1.04 bits per heavy atom. The van der Waals surface area contributed by atoms with Crippen LogP contribution >= 0.6 is 0 Å². The minimum atomic E-state index is -0.373. The summed E-state index contributed by atoms with van der Waals surface area (Å²) in [4.78, 5) is 15.5. The zero-order chi connectivity index (χ0) is 17.7. The van der Waals surface area contributed by atoms with Crippen molar-refractivity contribution in [1.82, 2.24) is 0 Å². The van der Waals surface area contributed by atoms with Gasteiger partial charge in [-0.1, -0.05) is 44.2 Å². The molecule has 0 saturated carbocycles. The number of anilines is 1. The van der Waals surface area contributed by atoms with Gasteiger partial charge in [0.2, 0.25) is 0 Å². The highest BCUT2D eigenvalue weighted by atomic mass is 16.5. The number of ether oxygens (including phenoxy) is 1. The Kier molecular flexibility index (Phi) is 5.54. The predicted molar refractivity (Wildman–Crippen MR) is 102 cm³/mol. The summed E-state index contributed by atoms with van der Waals surface area (Å²) < 4.78 is 5.40. The summed E-state index contributed by atoms with van der Waals surface area (Å²) in [5.74, 6) is 0.229. The van der Waals surface area contributed by atoms with Crippen molar-refractivity contribution in [1.29, 1.82) is 0 Å². The van der Waals surface area contributed by atoms with Crippen LogP contribution in [0.5, 0.6) is 0 Å². The molecule has 1 aliphatic rings. The first-order chi connectivity index (χ1) is 12.1. The summed E-state index contributed by atoms with van der Waals surface area (Å²) in [5.41, 5.74) is 2.81. The van der Waals surface area contributed by atoms with E-state index in [0.29, 0.717) is 0 Å². The summed E-state index contributed by atoms with van der Waals surface area (Å²) in [6.45, 7) is 7.54. The van der Waals surface area contributed by atoms with Crippen molar-refractivity contribution in [2.45, 2.75) is 26.7 Å². The first-order valence-corrected chi connectivity index (χ1v) is 9.14. The Bertz CT molecular complexity index is 690. The van der Waals surface area contributed by atoms with Gasteiger partial charge < -0.3 is 9.64 Å². The van der Waals surface area contributed by atoms with E-state index in [1.807, 2.05) is 30.3 Å². The van der Waals surface area contributed by atoms with Gasteiger partial charge in [-0.25, -0.2) is 0 Å². The standard InChI is InChI=1S/C22H27NO2/c1-3-22(2,17-18-7-5-4-6-8-18)21(24)19-9-11-20(12-10-19)23-13-15-25-16-14-23/h4-12H,3,13-17H2,1-2H3. The maximum atomic E-state index is 13.2. The number of hydrogen-bond donors (Lipinski definition) is 0. The highest BCUT2D eigenvalue weighted by molar-refractivity contribution is 6.00. The van der Waals surface area contributed by atoms with Crippen molar-refractivity contribution in [3.63, 3.8) is 0 Å². The van der Waals surface area contributed by atoms with Gasteiger partial charge in [0, 0.05) is 29.8 Å². The second-order valence-electron chi connectivity index (χ2n) is 7.05. The second-order valence-corrected chi connectivity index (χ2v) is 7.05. The Hall–Kier alpha value is -2.13. The fraction of sp³-hybridized carbons (Fsp3) is 0.409. The van der Waals surface area contributed by atoms with Crippen LogP contribution in [0.2, 0.25) is 0 Å². The molecular weight excluding hydrogens is 310 g/mol. The van der Waals surface area contributed by atoms with E-state index in [2.05, 4.69) is 43.0 Å². The lowest BCUT2D eigenvalue weighted by Gasteiger charge is -2.30. The van der Waals surface area contributed by atoms with Crippen molar-refractivity contribution in [2.75, 3.05) is 31.2 Å². The molecular formula is C22H27NO2. The maximum Gasteiger partial charge on any atom is 0.169 e. The van der Waals surface area contributed by atoms with Crippen molar-refractivity contribution in [3.8, 4) is 0 Å². The van der Waals surface area contributed by atoms with Gasteiger partial charge in [-0.05, 0) is 42.7 Å². The van der Waals surface area contributed by atoms with Crippen LogP contribution in [0.3, 0.4) is 0 Å². The Morgan fingerprint density at radius 2 is 1.68 bits per heavy atom. The number of benzene rings is 2. The van der Waals surface area contributed by atoms with Crippen LogP contribution in [-0.4, -0.2) is 32.1 Å². The Balaban J connectivity index is 1.75. The largest absolute Gasteiger partial charge is 0.378 e. The average molecular weight is 337 g/mol. The normalized spacial score (nSPS) is 17.1. The lowest BCUT2D eigenvalue weighted by molar-refractivity contribution is 0.0808. The van der Waals surface area contributed by atoms with E-state index < -0.39 is 0 Å². The first-order valence-electron chi connectivity index (χ1n) is 9.14. The van der Waals surface area contributed by atoms with Gasteiger partial charge in [0.1, 0.15) is 0 Å². The zero-order valence-electron chi connectivity index (χ0n) is 15.2. The van der Waals surface area contributed by atoms with E-state index in [1.54, 1.807) is 0 Å². The second kappa shape index (κ2) is 7.83. The van der Waals surface area contributed by atoms with E-state index in [9.17, 15) is 4.79 Å². The van der Waals surface area contributed by atoms with E-state index in [-0.39, 0.29) is 11.2 Å². The van der Waals surface area contributed by atoms with E-state index in [4.69, 9.17) is 4.74 Å². The minimum Gasteiger partial charge on any atom is -0.378 e. The summed E-state index contributed by atoms with van der Waals surface area (Å²) in [7, 11) is 0. The van der Waals surface area contributed by atoms with Gasteiger partial charge in [-0.15, -0.1) is 0 Å². The number of Topliss-reactive ketones (excluding diaryl/α,β-unsaturated/α-hetero) is 1. The number of rotatable bonds is 6. The molecule has 132 valence electrons. The number of carbonyl (C=O) groups excluding carboxylic acids is 1. The molecule has 2 aromatic rings. The molecule has 3 heteroatoms. The molecule has 3 nitrogen and oxygen atoms in total. The quantitative estimate of drug-likeness (QED) is 0.733. The predicted octanol–water partition coefficient (Wildman–Crippen LogP) is 4.36. The maximum absolute atomic E-state index is 13.2. The van der Waals surface area contributed by atoms with Gasteiger partial charge in [-0.3, -0.25) is 4.79 Å². The van der Waals surface area contributed by atoms with Gasteiger partial charge in [0.05, 0.1) is 13.2 Å². The van der Waals surface area contributed by atoms with Crippen LogP contribution in [0.4, 0.5) is 5.69 Å². The molecule has 0 bridgehead atoms. The third-order valence-corrected chi connectivity index (χ3v) is 5.27. The lowest BCUT2D eigenvalue weighted by Crippen LogP contribution is -2.36. The van der Waals surface area contributed by atoms with Gasteiger partial charge in [-0.2, -0.15) is 0 Å². The molecule has 1 unspecified atom stereocenters. The van der Waals surface area contributed by atoms with Crippen LogP contribution in [-0.2, 0) is 11.2 Å². The summed E-state index contributed by atoms with van der Waals surface area (Å²) >= 11 is 0. The number of hydrogen-bond acceptors (Lipinski definition) is 3. The van der Waals surface area contributed by atoms with Crippen LogP contribution in [0.25, 0.3) is 0 Å². The molecule has 1 fully saturated rings. The third-order valence-electron chi connectivity index (χ3n) is 5.27. The van der Waals surface area contributed by atoms with Crippen LogP contribution in [0.1, 0.15) is 36.2 Å². The van der Waals surface area contributed by atoms with Gasteiger partial charge >= 0.3 is 0 Å². The van der Waals surface area contributed by atoms with Crippen molar-refractivity contribution < 1.29 is 9.53 Å². The number of nitrogens with zero attached hydrogens (tertiary/aromatic N) is 1. The minimum absolute atomic E-state index is 0.229. The third kappa shape index (κ3) is 4.10. The number of ketones is 1. The molecule has 2 aromatic carbocycles. The van der Waals surface area contributed by atoms with Gasteiger partial charge in [0.25, 0.3) is 0 Å². The first kappa shape index (κ1) is 17.7. The molecule has 1 aliphatic heterocycles. The molecule has 1 heterocycles. The molecule has 0 radical (unpaired) electrons. The molecule has 0 N–H and O–H groups in total. The van der Waals surface area contributed by atoms with Crippen molar-refractivity contribution in [2.24, 2.45) is 5.41 Å². The summed E-state index contributed by atoms with van der Waals surface area (Å²) in [6.07, 6.45) is 1.60. The fourth-order valence-corrected chi connectivity index (χ4v) is 3.41. The Labute approximate surface area is 150 Å². The topological polar surface area (TPSA) is 29.5 Å².